The Morgan fingerprint density at radius 3 is 2.58 bits per heavy atom. The fourth-order valence-corrected chi connectivity index (χ4v) is 3.89. The first-order chi connectivity index (χ1) is 11.6. The Balaban J connectivity index is 1.41. The number of aryl methyl sites for hydroxylation is 1. The molecule has 1 aromatic heterocycles. The maximum Gasteiger partial charge on any atom is 0.315 e. The van der Waals surface area contributed by atoms with E-state index >= 15 is 0 Å². The average Bonchev–Trinajstić information content (AvgIpc) is 3.00. The SMILES string of the molecule is Cc1csc(CNC(=O)NC2CCC(c3ccc(F)cc3)CC2)n1. The maximum absolute atomic E-state index is 13.0. The van der Waals surface area contributed by atoms with Gasteiger partial charge in [0.1, 0.15) is 10.8 Å². The third-order valence-electron chi connectivity index (χ3n) is 4.47. The van der Waals surface area contributed by atoms with Crippen molar-refractivity contribution in [1.82, 2.24) is 15.6 Å². The molecule has 2 aromatic rings. The van der Waals surface area contributed by atoms with Crippen molar-refractivity contribution in [2.75, 3.05) is 0 Å². The van der Waals surface area contributed by atoms with Crippen LogP contribution in [0.1, 0.15) is 47.9 Å². The smallest absolute Gasteiger partial charge is 0.315 e. The minimum Gasteiger partial charge on any atom is -0.335 e. The number of nitrogens with one attached hydrogen (secondary N) is 2. The zero-order chi connectivity index (χ0) is 16.9. The highest BCUT2D eigenvalue weighted by Gasteiger charge is 2.23. The van der Waals surface area contributed by atoms with Crippen molar-refractivity contribution >= 4 is 17.4 Å². The van der Waals surface area contributed by atoms with Crippen molar-refractivity contribution in [2.24, 2.45) is 0 Å². The number of aromatic nitrogens is 1. The van der Waals surface area contributed by atoms with Gasteiger partial charge in [-0.05, 0) is 56.2 Å². The van der Waals surface area contributed by atoms with Crippen molar-refractivity contribution in [2.45, 2.75) is 51.1 Å². The van der Waals surface area contributed by atoms with Crippen molar-refractivity contribution < 1.29 is 9.18 Å². The van der Waals surface area contributed by atoms with Crippen molar-refractivity contribution in [3.63, 3.8) is 0 Å². The van der Waals surface area contributed by atoms with Crippen LogP contribution in [0.25, 0.3) is 0 Å². The van der Waals surface area contributed by atoms with Crippen molar-refractivity contribution in [1.29, 1.82) is 0 Å². The molecule has 0 atom stereocenters. The lowest BCUT2D eigenvalue weighted by molar-refractivity contribution is 0.231. The molecule has 0 aliphatic heterocycles. The van der Waals surface area contributed by atoms with Crippen LogP contribution in [0.3, 0.4) is 0 Å². The van der Waals surface area contributed by atoms with E-state index in [0.29, 0.717) is 12.5 Å². The molecule has 6 heteroatoms. The predicted molar refractivity (Wildman–Crippen MR) is 93.6 cm³/mol. The third kappa shape index (κ3) is 4.54. The highest BCUT2D eigenvalue weighted by molar-refractivity contribution is 7.09. The van der Waals surface area contributed by atoms with Gasteiger partial charge < -0.3 is 10.6 Å². The number of carbonyl (C=O) groups excluding carboxylic acids is 1. The van der Waals surface area contributed by atoms with Crippen LogP contribution in [0.4, 0.5) is 9.18 Å². The molecule has 1 fully saturated rings. The number of benzene rings is 1. The summed E-state index contributed by atoms with van der Waals surface area (Å²) in [7, 11) is 0. The van der Waals surface area contributed by atoms with Gasteiger partial charge in [0.25, 0.3) is 0 Å². The van der Waals surface area contributed by atoms with Gasteiger partial charge in [0.05, 0.1) is 6.54 Å². The molecule has 1 aliphatic rings. The van der Waals surface area contributed by atoms with Crippen molar-refractivity contribution in [3.05, 3.63) is 51.7 Å². The molecule has 0 radical (unpaired) electrons. The first-order valence-corrected chi connectivity index (χ1v) is 9.19. The Labute approximate surface area is 145 Å². The summed E-state index contributed by atoms with van der Waals surface area (Å²) >= 11 is 1.56. The molecule has 0 unspecified atom stereocenters. The summed E-state index contributed by atoms with van der Waals surface area (Å²) in [6, 6.07) is 6.86. The molecule has 1 aliphatic carbocycles. The van der Waals surface area contributed by atoms with Crippen molar-refractivity contribution in [3.8, 4) is 0 Å². The van der Waals surface area contributed by atoms with E-state index in [1.54, 1.807) is 11.3 Å². The first kappa shape index (κ1) is 16.9. The van der Waals surface area contributed by atoms with Crippen LogP contribution < -0.4 is 10.6 Å². The Morgan fingerprint density at radius 1 is 1.25 bits per heavy atom. The summed E-state index contributed by atoms with van der Waals surface area (Å²) in [6.45, 7) is 2.41. The molecule has 4 nitrogen and oxygen atoms in total. The highest BCUT2D eigenvalue weighted by Crippen LogP contribution is 2.32. The van der Waals surface area contributed by atoms with Gasteiger partial charge in [-0.15, -0.1) is 11.3 Å². The maximum atomic E-state index is 13.0. The van der Waals surface area contributed by atoms with Gasteiger partial charge in [-0.25, -0.2) is 14.2 Å². The van der Waals surface area contributed by atoms with E-state index in [0.717, 1.165) is 36.4 Å². The number of rotatable bonds is 4. The number of hydrogen-bond acceptors (Lipinski definition) is 3. The van der Waals surface area contributed by atoms with E-state index in [4.69, 9.17) is 0 Å². The minimum atomic E-state index is -0.193. The van der Waals surface area contributed by atoms with Gasteiger partial charge >= 0.3 is 6.03 Å². The summed E-state index contributed by atoms with van der Waals surface area (Å²) < 4.78 is 13.0. The van der Waals surface area contributed by atoms with Gasteiger partial charge in [-0.1, -0.05) is 12.1 Å². The molecule has 2 N–H and O–H groups in total. The number of hydrogen-bond donors (Lipinski definition) is 2. The normalized spacial score (nSPS) is 20.6. The lowest BCUT2D eigenvalue weighted by atomic mass is 9.82. The lowest BCUT2D eigenvalue weighted by Gasteiger charge is -2.29. The molecule has 128 valence electrons. The van der Waals surface area contributed by atoms with Gasteiger partial charge in [0.2, 0.25) is 0 Å². The van der Waals surface area contributed by atoms with E-state index in [1.807, 2.05) is 24.4 Å². The quantitative estimate of drug-likeness (QED) is 0.874. The molecule has 0 spiro atoms. The second-order valence-electron chi connectivity index (χ2n) is 6.31. The molecular weight excluding hydrogens is 325 g/mol. The molecule has 2 amide bonds. The van der Waals surface area contributed by atoms with Gasteiger partial charge in [0, 0.05) is 17.1 Å². The molecular formula is C18H22FN3OS. The van der Waals surface area contributed by atoms with E-state index in [9.17, 15) is 9.18 Å². The number of thiazole rings is 1. The zero-order valence-corrected chi connectivity index (χ0v) is 14.5. The monoisotopic (exact) mass is 347 g/mol. The lowest BCUT2D eigenvalue weighted by Crippen LogP contribution is -2.43. The van der Waals surface area contributed by atoms with Crippen LogP contribution in [0.15, 0.2) is 29.6 Å². The molecule has 1 aromatic carbocycles. The molecule has 1 heterocycles. The van der Waals surface area contributed by atoms with Crippen LogP contribution in [-0.4, -0.2) is 17.1 Å². The zero-order valence-electron chi connectivity index (χ0n) is 13.7. The summed E-state index contributed by atoms with van der Waals surface area (Å²) in [4.78, 5) is 16.3. The topological polar surface area (TPSA) is 54.0 Å². The number of halogens is 1. The number of amides is 2. The van der Waals surface area contributed by atoms with E-state index < -0.39 is 0 Å². The Kier molecular flexibility index (Phi) is 5.45. The molecule has 0 saturated heterocycles. The van der Waals surface area contributed by atoms with Gasteiger partial charge in [-0.2, -0.15) is 0 Å². The molecule has 1 saturated carbocycles. The number of carbonyl (C=O) groups is 1. The van der Waals surface area contributed by atoms with Gasteiger partial charge in [-0.3, -0.25) is 0 Å². The number of nitrogens with zero attached hydrogens (tertiary/aromatic N) is 1. The Morgan fingerprint density at radius 2 is 1.96 bits per heavy atom. The standard InChI is InChI=1S/C18H22FN3OS/c1-12-11-24-17(21-12)10-20-18(23)22-16-8-4-14(5-9-16)13-2-6-15(19)7-3-13/h2-3,6-7,11,14,16H,4-5,8-10H2,1H3,(H2,20,22,23). The molecule has 24 heavy (non-hydrogen) atoms. The fourth-order valence-electron chi connectivity index (χ4n) is 3.18. The third-order valence-corrected chi connectivity index (χ3v) is 5.44. The fraction of sp³-hybridized carbons (Fsp3) is 0.444. The van der Waals surface area contributed by atoms with E-state index in [-0.39, 0.29) is 17.9 Å². The predicted octanol–water partition coefficient (Wildman–Crippen LogP) is 4.12. The Hall–Kier alpha value is -1.95. The number of urea groups is 1. The van der Waals surface area contributed by atoms with Crippen LogP contribution in [0.2, 0.25) is 0 Å². The summed E-state index contributed by atoms with van der Waals surface area (Å²) in [5, 5.41) is 8.81. The average molecular weight is 347 g/mol. The van der Waals surface area contributed by atoms with Crippen LogP contribution >= 0.6 is 11.3 Å². The minimum absolute atomic E-state index is 0.131. The summed E-state index contributed by atoms with van der Waals surface area (Å²) in [5.74, 6) is 0.270. The molecule has 3 rings (SSSR count). The van der Waals surface area contributed by atoms with E-state index in [2.05, 4.69) is 15.6 Å². The second kappa shape index (κ2) is 7.75. The largest absolute Gasteiger partial charge is 0.335 e. The van der Waals surface area contributed by atoms with Crippen LogP contribution in [0.5, 0.6) is 0 Å². The highest BCUT2D eigenvalue weighted by atomic mass is 32.1. The molecule has 0 bridgehead atoms. The summed E-state index contributed by atoms with van der Waals surface area (Å²) in [6.07, 6.45) is 3.93. The van der Waals surface area contributed by atoms with E-state index in [1.165, 1.54) is 17.7 Å². The van der Waals surface area contributed by atoms with Gasteiger partial charge in [0.15, 0.2) is 0 Å². The Bertz CT molecular complexity index is 678. The van der Waals surface area contributed by atoms with Crippen LogP contribution in [0, 0.1) is 12.7 Å². The summed E-state index contributed by atoms with van der Waals surface area (Å²) in [5.41, 5.74) is 2.18. The van der Waals surface area contributed by atoms with Crippen LogP contribution in [-0.2, 0) is 6.54 Å². The first-order valence-electron chi connectivity index (χ1n) is 8.31. The second-order valence-corrected chi connectivity index (χ2v) is 7.25.